The van der Waals surface area contributed by atoms with E-state index in [9.17, 15) is 4.79 Å². The molecule has 0 amide bonds. The number of aliphatic hydroxyl groups is 2. The van der Waals surface area contributed by atoms with E-state index in [1.165, 1.54) is 24.3 Å². The van der Waals surface area contributed by atoms with E-state index in [4.69, 9.17) is 21.1 Å². The van der Waals surface area contributed by atoms with Crippen LogP contribution in [0.4, 0.5) is 0 Å². The molecule has 5 N–H and O–H groups in total. The molecule has 0 bridgehead atoms. The molecule has 1 unspecified atom stereocenters. The fraction of sp³-hybridized carbons (Fsp3) is 0.444. The third-order valence-corrected chi connectivity index (χ3v) is 2.13. The molecule has 1 atom stereocenters. The lowest BCUT2D eigenvalue weighted by Gasteiger charge is -2.26. The average Bonchev–Trinajstić information content (AvgIpc) is 2.08. The molecule has 14 heavy (non-hydrogen) atoms. The highest BCUT2D eigenvalue weighted by Gasteiger charge is 2.36. The zero-order chi connectivity index (χ0) is 10.8. The Morgan fingerprint density at radius 3 is 2.36 bits per heavy atom. The second-order valence-corrected chi connectivity index (χ2v) is 3.33. The molecule has 0 aromatic rings. The first-order valence-electron chi connectivity index (χ1n) is 4.20. The predicted molar refractivity (Wildman–Crippen MR) is 49.2 cm³/mol. The molecule has 78 valence electrons. The van der Waals surface area contributed by atoms with Crippen LogP contribution in [-0.4, -0.2) is 33.6 Å². The van der Waals surface area contributed by atoms with Crippen LogP contribution in [0.2, 0.25) is 0 Å². The lowest BCUT2D eigenvalue weighted by Crippen LogP contribution is -2.36. The lowest BCUT2D eigenvalue weighted by atomic mass is 9.80. The number of hydrogen-bond acceptors (Lipinski definition) is 4. The number of aliphatic carboxylic acids is 1. The third kappa shape index (κ3) is 2.20. The molecule has 1 aliphatic carbocycles. The summed E-state index contributed by atoms with van der Waals surface area (Å²) in [5.74, 6) is -1.10. The van der Waals surface area contributed by atoms with Crippen molar-refractivity contribution < 1.29 is 20.1 Å². The first-order chi connectivity index (χ1) is 6.46. The van der Waals surface area contributed by atoms with Crippen LogP contribution >= 0.6 is 0 Å². The van der Waals surface area contributed by atoms with Crippen LogP contribution < -0.4 is 5.73 Å². The molecule has 0 aliphatic heterocycles. The van der Waals surface area contributed by atoms with Crippen LogP contribution in [0.5, 0.6) is 0 Å². The Bertz CT molecular complexity index is 269. The summed E-state index contributed by atoms with van der Waals surface area (Å²) in [4.78, 5) is 11.0. The highest BCUT2D eigenvalue weighted by atomic mass is 16.4. The van der Waals surface area contributed by atoms with Gasteiger partial charge >= 0.3 is 5.97 Å². The summed E-state index contributed by atoms with van der Waals surface area (Å²) in [6, 6.07) is 0. The number of nitrogens with two attached hydrogens (primary N) is 1. The zero-order valence-corrected chi connectivity index (χ0v) is 7.50. The van der Waals surface area contributed by atoms with Crippen LogP contribution in [0.15, 0.2) is 24.3 Å². The molecule has 0 heterocycles. The van der Waals surface area contributed by atoms with E-state index in [2.05, 4.69) is 0 Å². The zero-order valence-electron chi connectivity index (χ0n) is 7.50. The summed E-state index contributed by atoms with van der Waals surface area (Å²) in [7, 11) is 0. The molecule has 1 rings (SSSR count). The first kappa shape index (κ1) is 10.9. The molecule has 5 heteroatoms. The number of rotatable bonds is 3. The van der Waals surface area contributed by atoms with E-state index in [0.717, 1.165) is 0 Å². The van der Waals surface area contributed by atoms with Gasteiger partial charge in [-0.15, -0.1) is 0 Å². The van der Waals surface area contributed by atoms with E-state index < -0.39 is 23.7 Å². The Morgan fingerprint density at radius 1 is 1.50 bits per heavy atom. The van der Waals surface area contributed by atoms with Crippen molar-refractivity contribution in [3.63, 3.8) is 0 Å². The highest BCUT2D eigenvalue weighted by Crippen LogP contribution is 2.30. The smallest absolute Gasteiger partial charge is 0.317 e. The van der Waals surface area contributed by atoms with Crippen molar-refractivity contribution >= 4 is 5.97 Å². The van der Waals surface area contributed by atoms with Gasteiger partial charge in [-0.05, 0) is 0 Å². The molecule has 0 saturated heterocycles. The van der Waals surface area contributed by atoms with E-state index in [1.54, 1.807) is 0 Å². The fourth-order valence-electron chi connectivity index (χ4n) is 1.37. The van der Waals surface area contributed by atoms with Crippen molar-refractivity contribution in [2.24, 2.45) is 11.1 Å². The maximum atomic E-state index is 11.0. The predicted octanol–water partition coefficient (Wildman–Crippen LogP) is -0.789. The maximum Gasteiger partial charge on any atom is 0.317 e. The maximum absolute atomic E-state index is 11.0. The molecule has 0 saturated carbocycles. The molecule has 0 aromatic heterocycles. The molecular weight excluding hydrogens is 186 g/mol. The molecule has 0 radical (unpaired) electrons. The van der Waals surface area contributed by atoms with Gasteiger partial charge in [-0.3, -0.25) is 4.79 Å². The number of carboxylic acid groups (broad SMARTS) is 1. The van der Waals surface area contributed by atoms with Gasteiger partial charge in [-0.25, -0.2) is 0 Å². The van der Waals surface area contributed by atoms with Gasteiger partial charge in [0.1, 0.15) is 11.6 Å². The van der Waals surface area contributed by atoms with Gasteiger partial charge < -0.3 is 21.1 Å². The summed E-state index contributed by atoms with van der Waals surface area (Å²) >= 11 is 0. The normalized spacial score (nSPS) is 32.9. The number of carbonyl (C=O) groups is 1. The molecular formula is C9H13NO4. The summed E-state index contributed by atoms with van der Waals surface area (Å²) in [6.07, 6.45) is 3.33. The lowest BCUT2D eigenvalue weighted by molar-refractivity contribution is -0.145. The van der Waals surface area contributed by atoms with Crippen molar-refractivity contribution in [3.8, 4) is 0 Å². The Morgan fingerprint density at radius 2 is 2.00 bits per heavy atom. The second kappa shape index (κ2) is 3.91. The number of carboxylic acids is 1. The Labute approximate surface area is 81.2 Å². The van der Waals surface area contributed by atoms with Crippen molar-refractivity contribution in [2.45, 2.75) is 18.8 Å². The third-order valence-electron chi connectivity index (χ3n) is 2.13. The van der Waals surface area contributed by atoms with Gasteiger partial charge in [-0.1, -0.05) is 24.3 Å². The number of aliphatic hydroxyl groups excluding tert-OH is 2. The van der Waals surface area contributed by atoms with Crippen molar-refractivity contribution in [1.82, 2.24) is 0 Å². The van der Waals surface area contributed by atoms with Crippen molar-refractivity contribution in [3.05, 3.63) is 24.3 Å². The summed E-state index contributed by atoms with van der Waals surface area (Å²) < 4.78 is 0. The van der Waals surface area contributed by atoms with Crippen LogP contribution in [0.1, 0.15) is 6.42 Å². The van der Waals surface area contributed by atoms with E-state index in [1.807, 2.05) is 0 Å². The quantitative estimate of drug-likeness (QED) is 0.352. The largest absolute Gasteiger partial charge is 0.480 e. The van der Waals surface area contributed by atoms with Gasteiger partial charge in [0.25, 0.3) is 0 Å². The van der Waals surface area contributed by atoms with Gasteiger partial charge in [0.2, 0.25) is 0 Å². The molecule has 0 fully saturated rings. The molecule has 5 nitrogen and oxygen atoms in total. The van der Waals surface area contributed by atoms with Crippen molar-refractivity contribution in [1.29, 1.82) is 0 Å². The minimum absolute atomic E-state index is 0.109. The van der Waals surface area contributed by atoms with Gasteiger partial charge in [-0.2, -0.15) is 0 Å². The number of hydrogen-bond donors (Lipinski definition) is 4. The molecule has 0 spiro atoms. The fourth-order valence-corrected chi connectivity index (χ4v) is 1.37. The van der Waals surface area contributed by atoms with Gasteiger partial charge in [0.05, 0.1) is 6.10 Å². The second-order valence-electron chi connectivity index (χ2n) is 3.33. The SMILES string of the molecule is NC(O)CC1(C(=O)O)C=CC(O)C=C1. The monoisotopic (exact) mass is 199 g/mol. The summed E-state index contributed by atoms with van der Waals surface area (Å²) in [6.45, 7) is 0. The Hall–Kier alpha value is -1.17. The first-order valence-corrected chi connectivity index (χ1v) is 4.20. The van der Waals surface area contributed by atoms with Crippen LogP contribution in [0.3, 0.4) is 0 Å². The van der Waals surface area contributed by atoms with E-state index >= 15 is 0 Å². The topological polar surface area (TPSA) is 104 Å². The minimum Gasteiger partial charge on any atom is -0.480 e. The average molecular weight is 199 g/mol. The van der Waals surface area contributed by atoms with Gasteiger partial charge in [0.15, 0.2) is 0 Å². The highest BCUT2D eigenvalue weighted by molar-refractivity contribution is 5.80. The Balaban J connectivity index is 2.90. The van der Waals surface area contributed by atoms with E-state index in [-0.39, 0.29) is 6.42 Å². The van der Waals surface area contributed by atoms with Crippen molar-refractivity contribution in [2.75, 3.05) is 0 Å². The summed E-state index contributed by atoms with van der Waals surface area (Å²) in [5.41, 5.74) is 3.84. The summed E-state index contributed by atoms with van der Waals surface area (Å²) in [5, 5.41) is 27.0. The Kier molecular flexibility index (Phi) is 3.05. The molecule has 0 aromatic carbocycles. The van der Waals surface area contributed by atoms with E-state index in [0.29, 0.717) is 0 Å². The molecule has 1 aliphatic rings. The van der Waals surface area contributed by atoms with Crippen LogP contribution in [-0.2, 0) is 4.79 Å². The van der Waals surface area contributed by atoms with Gasteiger partial charge in [0, 0.05) is 6.42 Å². The van der Waals surface area contributed by atoms with Crippen LogP contribution in [0.25, 0.3) is 0 Å². The standard InChI is InChI=1S/C9H13NO4/c10-7(12)5-9(8(13)14)3-1-6(11)2-4-9/h1-4,6-7,11-12H,5,10H2,(H,13,14). The van der Waals surface area contributed by atoms with Crippen LogP contribution in [0, 0.1) is 5.41 Å². The minimum atomic E-state index is -1.30.